The van der Waals surface area contributed by atoms with E-state index in [1.807, 2.05) is 54.6 Å². The second-order valence-electron chi connectivity index (χ2n) is 9.39. The number of ether oxygens (including phenoxy) is 5. The summed E-state index contributed by atoms with van der Waals surface area (Å²) in [7, 11) is 3.16. The molecule has 6 atom stereocenters. The fourth-order valence-electron chi connectivity index (χ4n) is 4.80. The smallest absolute Gasteiger partial charge is 0.248 e. The number of hydrogen-bond donors (Lipinski definition) is 2. The van der Waals surface area contributed by atoms with Crippen molar-refractivity contribution in [1.82, 2.24) is 10.2 Å². The Kier molecular flexibility index (Phi) is 10.8. The Balaban J connectivity index is 1.60. The molecule has 1 fully saturated rings. The Morgan fingerprint density at radius 3 is 2.52 bits per heavy atom. The first-order chi connectivity index (χ1) is 19.5. The molecular formula is C28H35N5O7. The third-order valence-corrected chi connectivity index (χ3v) is 6.83. The summed E-state index contributed by atoms with van der Waals surface area (Å²) in [6.07, 6.45) is -0.530. The number of methoxy groups -OCH3 is 2. The normalized spacial score (nSPS) is 24.8. The van der Waals surface area contributed by atoms with Crippen LogP contribution < -0.4 is 10.1 Å². The van der Waals surface area contributed by atoms with Gasteiger partial charge in [0.2, 0.25) is 12.3 Å². The van der Waals surface area contributed by atoms with Crippen molar-refractivity contribution in [1.29, 1.82) is 0 Å². The van der Waals surface area contributed by atoms with Gasteiger partial charge in [0, 0.05) is 30.8 Å². The van der Waals surface area contributed by atoms with Crippen LogP contribution in [-0.4, -0.2) is 73.7 Å². The fraction of sp³-hybridized carbons (Fsp3) is 0.464. The van der Waals surface area contributed by atoms with Gasteiger partial charge in [-0.3, -0.25) is 4.79 Å². The first-order valence-corrected chi connectivity index (χ1v) is 13.1. The van der Waals surface area contributed by atoms with Crippen LogP contribution in [0.1, 0.15) is 24.0 Å². The maximum Gasteiger partial charge on any atom is 0.248 e. The summed E-state index contributed by atoms with van der Waals surface area (Å²) in [5.41, 5.74) is 10.6. The van der Waals surface area contributed by atoms with Gasteiger partial charge < -0.3 is 39.0 Å². The van der Waals surface area contributed by atoms with Gasteiger partial charge in [-0.15, -0.1) is 0 Å². The Labute approximate surface area is 233 Å². The van der Waals surface area contributed by atoms with Gasteiger partial charge in [0.25, 0.3) is 0 Å². The molecule has 40 heavy (non-hydrogen) atoms. The van der Waals surface area contributed by atoms with Gasteiger partial charge in [-0.25, -0.2) is 0 Å². The van der Waals surface area contributed by atoms with Crippen LogP contribution in [0, 0.1) is 0 Å². The van der Waals surface area contributed by atoms with Crippen LogP contribution in [-0.2, 0) is 37.0 Å². The predicted octanol–water partition coefficient (Wildman–Crippen LogP) is 3.22. The quantitative estimate of drug-likeness (QED) is 0.157. The molecule has 12 nitrogen and oxygen atoms in total. The van der Waals surface area contributed by atoms with Gasteiger partial charge in [-0.1, -0.05) is 47.6 Å². The van der Waals surface area contributed by atoms with E-state index in [1.165, 1.54) is 17.2 Å². The number of carbonyl (C=O) groups excluding carboxylic acids is 1. The van der Waals surface area contributed by atoms with Crippen LogP contribution in [0.2, 0.25) is 0 Å². The van der Waals surface area contributed by atoms with Crippen molar-refractivity contribution in [3.05, 3.63) is 88.4 Å². The highest BCUT2D eigenvalue weighted by molar-refractivity contribution is 5.88. The molecule has 0 aliphatic carbocycles. The average molecular weight is 554 g/mol. The zero-order valence-electron chi connectivity index (χ0n) is 22.5. The Morgan fingerprint density at radius 2 is 1.85 bits per heavy atom. The third kappa shape index (κ3) is 7.51. The predicted molar refractivity (Wildman–Crippen MR) is 144 cm³/mol. The summed E-state index contributed by atoms with van der Waals surface area (Å²) >= 11 is 0. The number of aliphatic hydroxyl groups excluding tert-OH is 1. The van der Waals surface area contributed by atoms with E-state index in [0.717, 1.165) is 16.9 Å². The molecule has 3 unspecified atom stereocenters. The van der Waals surface area contributed by atoms with Gasteiger partial charge in [0.05, 0.1) is 26.4 Å². The van der Waals surface area contributed by atoms with Crippen molar-refractivity contribution in [2.45, 2.75) is 63.1 Å². The lowest BCUT2D eigenvalue weighted by Crippen LogP contribution is -2.55. The van der Waals surface area contributed by atoms with Crippen molar-refractivity contribution >= 4 is 5.91 Å². The van der Waals surface area contributed by atoms with Crippen LogP contribution in [0.15, 0.2) is 72.0 Å². The van der Waals surface area contributed by atoms with Crippen molar-refractivity contribution in [3.63, 3.8) is 0 Å². The van der Waals surface area contributed by atoms with E-state index < -0.39 is 42.9 Å². The lowest BCUT2D eigenvalue weighted by Gasteiger charge is -2.36. The summed E-state index contributed by atoms with van der Waals surface area (Å²) in [4.78, 5) is 16.1. The lowest BCUT2D eigenvalue weighted by molar-refractivity contribution is -0.167. The summed E-state index contributed by atoms with van der Waals surface area (Å²) in [6, 6.07) is 17.3. The van der Waals surface area contributed by atoms with Crippen molar-refractivity contribution in [2.75, 3.05) is 20.8 Å². The molecule has 1 saturated heterocycles. The molecule has 12 heteroatoms. The van der Waals surface area contributed by atoms with Crippen molar-refractivity contribution < 1.29 is 33.6 Å². The van der Waals surface area contributed by atoms with Crippen LogP contribution in [0.5, 0.6) is 5.75 Å². The Morgan fingerprint density at radius 1 is 1.10 bits per heavy atom. The monoisotopic (exact) mass is 553 g/mol. The maximum atomic E-state index is 11.8. The van der Waals surface area contributed by atoms with Crippen molar-refractivity contribution in [3.8, 4) is 5.75 Å². The zero-order valence-corrected chi connectivity index (χ0v) is 22.5. The Hall–Kier alpha value is -3.64. The molecule has 0 aromatic heterocycles. The van der Waals surface area contributed by atoms with Gasteiger partial charge in [-0.2, -0.15) is 0 Å². The van der Waals surface area contributed by atoms with E-state index >= 15 is 0 Å². The molecule has 2 aliphatic rings. The highest BCUT2D eigenvalue weighted by Gasteiger charge is 2.52. The van der Waals surface area contributed by atoms with E-state index in [1.54, 1.807) is 14.2 Å². The number of azide groups is 1. The molecule has 0 spiro atoms. The summed E-state index contributed by atoms with van der Waals surface area (Å²) in [6.45, 7) is 0.908. The molecule has 214 valence electrons. The van der Waals surface area contributed by atoms with Crippen molar-refractivity contribution in [2.24, 2.45) is 5.11 Å². The fourth-order valence-corrected chi connectivity index (χ4v) is 4.80. The molecule has 0 radical (unpaired) electrons. The number of rotatable bonds is 14. The molecule has 2 N–H and O–H groups in total. The molecule has 4 rings (SSSR count). The molecule has 0 saturated carbocycles. The molecule has 2 heterocycles. The number of benzene rings is 2. The Bertz CT molecular complexity index is 1160. The first kappa shape index (κ1) is 29.3. The summed E-state index contributed by atoms with van der Waals surface area (Å²) < 4.78 is 30.5. The number of aliphatic hydroxyl groups is 1. The standard InChI is InChI=1S/C28H35N5O7/c1-36-21-12-10-20(11-13-21)18-39-25-24(40-27(26(25)37-2)33-16-14-23(34)31-28(33)35)22(9-6-15-30-32-29)38-17-19-7-4-3-5-8-19/h3-5,7-8,10-14,16,22,24-28,35H,6,9,15,17-18H2,1-2H3,(H,31,34)/t22-,24-,25?,26?,27-,28?/m1/s1. The second-order valence-corrected chi connectivity index (χ2v) is 9.39. The van der Waals surface area contributed by atoms with Gasteiger partial charge in [-0.05, 0) is 41.6 Å². The number of carbonyl (C=O) groups is 1. The molecule has 2 aliphatic heterocycles. The largest absolute Gasteiger partial charge is 0.497 e. The van der Waals surface area contributed by atoms with E-state index in [4.69, 9.17) is 29.2 Å². The second kappa shape index (κ2) is 14.7. The van der Waals surface area contributed by atoms with Gasteiger partial charge in [0.15, 0.2) is 6.23 Å². The van der Waals surface area contributed by atoms with E-state index in [2.05, 4.69) is 15.3 Å². The molecule has 1 amide bonds. The van der Waals surface area contributed by atoms with E-state index in [0.29, 0.717) is 26.0 Å². The molecule has 0 bridgehead atoms. The van der Waals surface area contributed by atoms with Crippen LogP contribution >= 0.6 is 0 Å². The van der Waals surface area contributed by atoms with E-state index in [-0.39, 0.29) is 6.61 Å². The van der Waals surface area contributed by atoms with Crippen LogP contribution in [0.25, 0.3) is 10.4 Å². The van der Waals surface area contributed by atoms with E-state index in [9.17, 15) is 9.90 Å². The third-order valence-electron chi connectivity index (χ3n) is 6.83. The zero-order chi connectivity index (χ0) is 28.3. The van der Waals surface area contributed by atoms with Gasteiger partial charge >= 0.3 is 0 Å². The average Bonchev–Trinajstić information content (AvgIpc) is 3.34. The number of nitrogens with zero attached hydrogens (tertiary/aromatic N) is 4. The number of nitrogens with one attached hydrogen (secondary N) is 1. The minimum atomic E-state index is -1.31. The minimum absolute atomic E-state index is 0.264. The topological polar surface area (TPSA) is 147 Å². The number of amides is 1. The minimum Gasteiger partial charge on any atom is -0.497 e. The highest BCUT2D eigenvalue weighted by Crippen LogP contribution is 2.35. The first-order valence-electron chi connectivity index (χ1n) is 13.1. The highest BCUT2D eigenvalue weighted by atomic mass is 16.6. The lowest BCUT2D eigenvalue weighted by atomic mass is 10.0. The molecule has 2 aromatic carbocycles. The summed E-state index contributed by atoms with van der Waals surface area (Å²) in [5, 5.41) is 16.7. The van der Waals surface area contributed by atoms with Gasteiger partial charge in [0.1, 0.15) is 24.1 Å². The van der Waals surface area contributed by atoms with Crippen LogP contribution in [0.4, 0.5) is 0 Å². The molecular weight excluding hydrogens is 518 g/mol. The summed E-state index contributed by atoms with van der Waals surface area (Å²) in [5.74, 6) is 0.324. The van der Waals surface area contributed by atoms with Crippen LogP contribution in [0.3, 0.4) is 0 Å². The SMILES string of the molecule is COc1ccc(COC2C(OC)[C@H](N3C=CC(=O)NC3O)O[C@@H]2[C@@H](CCCN=[N+]=[N-])OCc2ccccc2)cc1. The molecule has 2 aromatic rings. The number of hydrogen-bond acceptors (Lipinski definition) is 9. The maximum absolute atomic E-state index is 11.8.